The number of piperidine rings is 1. The van der Waals surface area contributed by atoms with Crippen LogP contribution in [0.2, 0.25) is 0 Å². The van der Waals surface area contributed by atoms with E-state index in [1.165, 1.54) is 27.9 Å². The Labute approximate surface area is 167 Å². The lowest BCUT2D eigenvalue weighted by Gasteiger charge is -2.35. The van der Waals surface area contributed by atoms with Gasteiger partial charge in [-0.2, -0.15) is 0 Å². The highest BCUT2D eigenvalue weighted by atomic mass is 32.2. The summed E-state index contributed by atoms with van der Waals surface area (Å²) in [6.45, 7) is 0.722. The van der Waals surface area contributed by atoms with E-state index in [0.29, 0.717) is 25.9 Å². The standard InChI is InChI=1S/C18H21F2N5O3S/c1-24(15-3-5-25(6-4-15)29(2,27)28)18(26)23-17-11-21-16(10-22-17)12-7-13(19)9-14(20)8-12/h7-11,15H,3-6H2,1-2H3,(H,22,23,26). The topological polar surface area (TPSA) is 95.5 Å². The van der Waals surface area contributed by atoms with Crippen molar-refractivity contribution >= 4 is 21.9 Å². The van der Waals surface area contributed by atoms with Crippen molar-refractivity contribution < 1.29 is 22.0 Å². The summed E-state index contributed by atoms with van der Waals surface area (Å²) in [5.41, 5.74) is 0.505. The maximum atomic E-state index is 13.3. The van der Waals surface area contributed by atoms with Gasteiger partial charge in [-0.05, 0) is 25.0 Å². The Morgan fingerprint density at radius 1 is 1.14 bits per heavy atom. The highest BCUT2D eigenvalue weighted by molar-refractivity contribution is 7.88. The van der Waals surface area contributed by atoms with Crippen molar-refractivity contribution in [3.63, 3.8) is 0 Å². The Balaban J connectivity index is 1.60. The molecule has 1 aliphatic rings. The summed E-state index contributed by atoms with van der Waals surface area (Å²) in [6.07, 6.45) is 4.86. The molecule has 156 valence electrons. The minimum Gasteiger partial charge on any atom is -0.324 e. The molecule has 3 rings (SSSR count). The number of nitrogens with one attached hydrogen (secondary N) is 1. The maximum absolute atomic E-state index is 13.3. The van der Waals surface area contributed by atoms with Crippen molar-refractivity contribution in [2.24, 2.45) is 0 Å². The van der Waals surface area contributed by atoms with Gasteiger partial charge >= 0.3 is 6.03 Å². The first-order chi connectivity index (χ1) is 13.6. The fraction of sp³-hybridized carbons (Fsp3) is 0.389. The highest BCUT2D eigenvalue weighted by Gasteiger charge is 2.29. The van der Waals surface area contributed by atoms with Gasteiger partial charge in [-0.1, -0.05) is 0 Å². The van der Waals surface area contributed by atoms with E-state index in [0.717, 1.165) is 18.2 Å². The molecule has 0 aliphatic carbocycles. The van der Waals surface area contributed by atoms with Crippen LogP contribution in [0.3, 0.4) is 0 Å². The first kappa shape index (κ1) is 21.1. The Bertz CT molecular complexity index is 973. The monoisotopic (exact) mass is 425 g/mol. The second-order valence-electron chi connectivity index (χ2n) is 6.88. The fourth-order valence-corrected chi connectivity index (χ4v) is 4.04. The number of benzene rings is 1. The Hall–Kier alpha value is -2.66. The SMILES string of the molecule is CN(C(=O)Nc1cnc(-c2cc(F)cc(F)c2)cn1)C1CCN(S(C)(=O)=O)CC1. The summed E-state index contributed by atoms with van der Waals surface area (Å²) in [5.74, 6) is -1.25. The average molecular weight is 425 g/mol. The molecule has 0 atom stereocenters. The molecule has 0 saturated carbocycles. The summed E-state index contributed by atoms with van der Waals surface area (Å²) >= 11 is 0. The van der Waals surface area contributed by atoms with Gasteiger partial charge in [0.15, 0.2) is 5.82 Å². The van der Waals surface area contributed by atoms with Crippen molar-refractivity contribution in [3.8, 4) is 11.3 Å². The van der Waals surface area contributed by atoms with E-state index in [2.05, 4.69) is 15.3 Å². The van der Waals surface area contributed by atoms with Crippen LogP contribution in [0.1, 0.15) is 12.8 Å². The summed E-state index contributed by atoms with van der Waals surface area (Å²) < 4.78 is 51.2. The molecule has 8 nitrogen and oxygen atoms in total. The zero-order valence-electron chi connectivity index (χ0n) is 16.0. The predicted octanol–water partition coefficient (Wildman–Crippen LogP) is 2.31. The second kappa shape index (κ2) is 8.37. The molecule has 0 bridgehead atoms. The van der Waals surface area contributed by atoms with E-state index in [9.17, 15) is 22.0 Å². The van der Waals surface area contributed by atoms with Crippen LogP contribution in [0.25, 0.3) is 11.3 Å². The molecule has 1 aromatic carbocycles. The molecule has 1 aromatic heterocycles. The van der Waals surface area contributed by atoms with E-state index in [1.54, 1.807) is 7.05 Å². The van der Waals surface area contributed by atoms with Crippen molar-refractivity contribution in [1.82, 2.24) is 19.2 Å². The molecule has 2 aromatic rings. The van der Waals surface area contributed by atoms with E-state index in [-0.39, 0.29) is 23.1 Å². The molecular weight excluding hydrogens is 404 g/mol. The number of sulfonamides is 1. The van der Waals surface area contributed by atoms with Gasteiger partial charge in [0.25, 0.3) is 0 Å². The van der Waals surface area contributed by atoms with E-state index in [4.69, 9.17) is 0 Å². The third-order valence-electron chi connectivity index (χ3n) is 4.81. The van der Waals surface area contributed by atoms with Gasteiger partial charge in [0.2, 0.25) is 10.0 Å². The van der Waals surface area contributed by atoms with E-state index < -0.39 is 27.7 Å². The Morgan fingerprint density at radius 3 is 2.28 bits per heavy atom. The van der Waals surface area contributed by atoms with Gasteiger partial charge in [0.1, 0.15) is 11.6 Å². The van der Waals surface area contributed by atoms with Crippen LogP contribution in [-0.2, 0) is 10.0 Å². The molecule has 1 saturated heterocycles. The summed E-state index contributed by atoms with van der Waals surface area (Å²) in [7, 11) is -1.59. The fourth-order valence-electron chi connectivity index (χ4n) is 3.17. The van der Waals surface area contributed by atoms with Crippen molar-refractivity contribution in [1.29, 1.82) is 0 Å². The number of carbonyl (C=O) groups is 1. The molecule has 2 heterocycles. The minimum atomic E-state index is -3.23. The van der Waals surface area contributed by atoms with Crippen LogP contribution in [0.4, 0.5) is 19.4 Å². The second-order valence-corrected chi connectivity index (χ2v) is 8.86. The van der Waals surface area contributed by atoms with E-state index in [1.807, 2.05) is 0 Å². The Kier molecular flexibility index (Phi) is 6.08. The molecule has 1 aliphatic heterocycles. The number of halogens is 2. The van der Waals surface area contributed by atoms with Crippen LogP contribution < -0.4 is 5.32 Å². The molecule has 2 amide bonds. The summed E-state index contributed by atoms with van der Waals surface area (Å²) in [4.78, 5) is 22.1. The normalized spacial score (nSPS) is 15.9. The van der Waals surface area contributed by atoms with E-state index >= 15 is 0 Å². The van der Waals surface area contributed by atoms with Gasteiger partial charge in [-0.3, -0.25) is 10.3 Å². The quantitative estimate of drug-likeness (QED) is 0.811. The van der Waals surface area contributed by atoms with Gasteiger partial charge in [-0.15, -0.1) is 0 Å². The van der Waals surface area contributed by atoms with Gasteiger partial charge in [0.05, 0.1) is 24.3 Å². The third-order valence-corrected chi connectivity index (χ3v) is 6.11. The van der Waals surface area contributed by atoms with Crippen molar-refractivity contribution in [2.45, 2.75) is 18.9 Å². The highest BCUT2D eigenvalue weighted by Crippen LogP contribution is 2.21. The first-order valence-corrected chi connectivity index (χ1v) is 10.8. The molecule has 0 spiro atoms. The lowest BCUT2D eigenvalue weighted by atomic mass is 10.1. The third kappa shape index (κ3) is 5.24. The van der Waals surface area contributed by atoms with Crippen LogP contribution in [0, 0.1) is 11.6 Å². The number of urea groups is 1. The number of carbonyl (C=O) groups excluding carboxylic acids is 1. The molecule has 29 heavy (non-hydrogen) atoms. The number of nitrogens with zero attached hydrogens (tertiary/aromatic N) is 4. The number of hydrogen-bond acceptors (Lipinski definition) is 5. The lowest BCUT2D eigenvalue weighted by Crippen LogP contribution is -2.48. The molecule has 1 fully saturated rings. The zero-order valence-corrected chi connectivity index (χ0v) is 16.8. The average Bonchev–Trinajstić information content (AvgIpc) is 2.66. The smallest absolute Gasteiger partial charge is 0.323 e. The Morgan fingerprint density at radius 2 is 1.76 bits per heavy atom. The maximum Gasteiger partial charge on any atom is 0.323 e. The number of hydrogen-bond donors (Lipinski definition) is 1. The first-order valence-electron chi connectivity index (χ1n) is 8.91. The van der Waals surface area contributed by atoms with Gasteiger partial charge in [-0.25, -0.2) is 31.3 Å². The van der Waals surface area contributed by atoms with Crippen LogP contribution in [0.15, 0.2) is 30.6 Å². The number of rotatable bonds is 4. The van der Waals surface area contributed by atoms with Gasteiger partial charge in [0, 0.05) is 37.8 Å². The van der Waals surface area contributed by atoms with Crippen LogP contribution in [0.5, 0.6) is 0 Å². The van der Waals surface area contributed by atoms with Crippen LogP contribution >= 0.6 is 0 Å². The largest absolute Gasteiger partial charge is 0.324 e. The number of amides is 2. The predicted molar refractivity (Wildman–Crippen MR) is 104 cm³/mol. The number of aromatic nitrogens is 2. The number of anilines is 1. The lowest BCUT2D eigenvalue weighted by molar-refractivity contribution is 0.174. The summed E-state index contributed by atoms with van der Waals surface area (Å²) in [6, 6.07) is 2.54. The van der Waals surface area contributed by atoms with Gasteiger partial charge < -0.3 is 4.90 Å². The minimum absolute atomic E-state index is 0.101. The van der Waals surface area contributed by atoms with Crippen molar-refractivity contribution in [3.05, 3.63) is 42.2 Å². The summed E-state index contributed by atoms with van der Waals surface area (Å²) in [5, 5.41) is 2.62. The molecule has 1 N–H and O–H groups in total. The van der Waals surface area contributed by atoms with Crippen LogP contribution in [-0.4, -0.2) is 66.1 Å². The molecule has 11 heteroatoms. The van der Waals surface area contributed by atoms with Crippen molar-refractivity contribution in [2.75, 3.05) is 31.7 Å². The molecule has 0 unspecified atom stereocenters. The zero-order chi connectivity index (χ0) is 21.2. The molecule has 0 radical (unpaired) electrons. The molecular formula is C18H21F2N5O3S.